The molecule has 164 valence electrons. The van der Waals surface area contributed by atoms with Gasteiger partial charge in [0, 0.05) is 6.54 Å². The summed E-state index contributed by atoms with van der Waals surface area (Å²) in [5.74, 6) is -0.894. The normalized spacial score (nSPS) is 24.1. The van der Waals surface area contributed by atoms with Gasteiger partial charge in [-0.2, -0.15) is 13.2 Å². The molecule has 30 heavy (non-hydrogen) atoms. The summed E-state index contributed by atoms with van der Waals surface area (Å²) in [6, 6.07) is 5.32. The lowest BCUT2D eigenvalue weighted by molar-refractivity contribution is -0.153. The smallest absolute Gasteiger partial charge is 0.422 e. The van der Waals surface area contributed by atoms with Gasteiger partial charge in [0.25, 0.3) is 5.91 Å². The number of nitrogens with zero attached hydrogens (tertiary/aromatic N) is 1. The van der Waals surface area contributed by atoms with E-state index in [4.69, 9.17) is 0 Å². The Labute approximate surface area is 171 Å². The Bertz CT molecular complexity index is 830. The Balaban J connectivity index is 1.55. The van der Waals surface area contributed by atoms with Gasteiger partial charge in [-0.05, 0) is 36.5 Å². The molecule has 2 aliphatic rings. The summed E-state index contributed by atoms with van der Waals surface area (Å²) in [4.78, 5) is 38.4. The summed E-state index contributed by atoms with van der Waals surface area (Å²) in [5, 5.41) is 5.36. The fourth-order valence-corrected chi connectivity index (χ4v) is 3.95. The first-order valence-corrected chi connectivity index (χ1v) is 9.80. The summed E-state index contributed by atoms with van der Waals surface area (Å²) in [5.41, 5.74) is -0.405. The molecule has 2 unspecified atom stereocenters. The third kappa shape index (κ3) is 4.85. The third-order valence-electron chi connectivity index (χ3n) is 5.59. The number of rotatable bonds is 6. The lowest BCUT2D eigenvalue weighted by atomic mass is 9.73. The maximum Gasteiger partial charge on any atom is 0.422 e. The number of hydrogen-bond acceptors (Lipinski definition) is 4. The van der Waals surface area contributed by atoms with Gasteiger partial charge < -0.3 is 15.4 Å². The van der Waals surface area contributed by atoms with E-state index in [2.05, 4.69) is 15.4 Å². The van der Waals surface area contributed by atoms with Gasteiger partial charge in [0.2, 0.25) is 5.91 Å². The van der Waals surface area contributed by atoms with Crippen LogP contribution in [0.1, 0.15) is 38.2 Å². The van der Waals surface area contributed by atoms with Gasteiger partial charge in [0.05, 0.1) is 0 Å². The van der Waals surface area contributed by atoms with Crippen LogP contribution in [0, 0.1) is 5.92 Å². The Morgan fingerprint density at radius 1 is 1.33 bits per heavy atom. The van der Waals surface area contributed by atoms with Crippen LogP contribution in [0.2, 0.25) is 0 Å². The number of urea groups is 1. The highest BCUT2D eigenvalue weighted by atomic mass is 19.4. The molecule has 10 heteroatoms. The van der Waals surface area contributed by atoms with Crippen LogP contribution in [-0.4, -0.2) is 47.6 Å². The SMILES string of the molecule is CC1CCCCC12NC(=O)N(CC(=O)NCc1cccc(OCC(F)(F)F)c1)C2=O. The van der Waals surface area contributed by atoms with Gasteiger partial charge >= 0.3 is 12.2 Å². The number of hydrogen-bond donors (Lipinski definition) is 2. The van der Waals surface area contributed by atoms with E-state index in [0.29, 0.717) is 12.0 Å². The lowest BCUT2D eigenvalue weighted by Gasteiger charge is -2.36. The molecule has 1 aliphatic carbocycles. The molecule has 0 radical (unpaired) electrons. The van der Waals surface area contributed by atoms with E-state index >= 15 is 0 Å². The number of ether oxygens (including phenoxy) is 1. The predicted molar refractivity (Wildman–Crippen MR) is 100 cm³/mol. The zero-order chi connectivity index (χ0) is 21.9. The minimum atomic E-state index is -4.44. The van der Waals surface area contributed by atoms with Crippen molar-refractivity contribution >= 4 is 17.8 Å². The van der Waals surface area contributed by atoms with Gasteiger partial charge in [-0.1, -0.05) is 31.9 Å². The zero-order valence-electron chi connectivity index (χ0n) is 16.6. The van der Waals surface area contributed by atoms with Crippen molar-refractivity contribution in [1.82, 2.24) is 15.5 Å². The molecule has 1 saturated heterocycles. The van der Waals surface area contributed by atoms with Crippen molar-refractivity contribution in [2.24, 2.45) is 5.92 Å². The minimum absolute atomic E-state index is 0.00445. The predicted octanol–water partition coefficient (Wildman–Crippen LogP) is 2.74. The molecule has 0 bridgehead atoms. The van der Waals surface area contributed by atoms with E-state index in [1.807, 2.05) is 6.92 Å². The van der Waals surface area contributed by atoms with Crippen molar-refractivity contribution in [2.75, 3.05) is 13.2 Å². The maximum absolute atomic E-state index is 12.9. The van der Waals surface area contributed by atoms with Crippen molar-refractivity contribution in [1.29, 1.82) is 0 Å². The van der Waals surface area contributed by atoms with Crippen molar-refractivity contribution in [3.63, 3.8) is 0 Å². The highest BCUT2D eigenvalue weighted by Crippen LogP contribution is 2.38. The molecule has 3 rings (SSSR count). The highest BCUT2D eigenvalue weighted by molar-refractivity contribution is 6.09. The summed E-state index contributed by atoms with van der Waals surface area (Å²) in [7, 11) is 0. The van der Waals surface area contributed by atoms with Crippen LogP contribution in [0.5, 0.6) is 5.75 Å². The third-order valence-corrected chi connectivity index (χ3v) is 5.59. The molecule has 1 heterocycles. The fraction of sp³-hybridized carbons (Fsp3) is 0.550. The van der Waals surface area contributed by atoms with Gasteiger partial charge in [0.15, 0.2) is 6.61 Å². The second kappa shape index (κ2) is 8.53. The molecule has 4 amide bonds. The van der Waals surface area contributed by atoms with Crippen LogP contribution in [0.25, 0.3) is 0 Å². The van der Waals surface area contributed by atoms with Crippen LogP contribution in [0.4, 0.5) is 18.0 Å². The Hall–Kier alpha value is -2.78. The number of imide groups is 1. The monoisotopic (exact) mass is 427 g/mol. The number of amides is 4. The topological polar surface area (TPSA) is 87.7 Å². The molecule has 1 aromatic rings. The Morgan fingerprint density at radius 3 is 2.80 bits per heavy atom. The molecule has 2 N–H and O–H groups in total. The van der Waals surface area contributed by atoms with Gasteiger partial charge in [0.1, 0.15) is 17.8 Å². The molecular formula is C20H24F3N3O4. The van der Waals surface area contributed by atoms with Crippen LogP contribution >= 0.6 is 0 Å². The first kappa shape index (κ1) is 21.9. The average molecular weight is 427 g/mol. The number of carbonyl (C=O) groups is 3. The van der Waals surface area contributed by atoms with Crippen LogP contribution in [-0.2, 0) is 16.1 Å². The summed E-state index contributed by atoms with van der Waals surface area (Å²) < 4.78 is 41.5. The van der Waals surface area contributed by atoms with E-state index in [9.17, 15) is 27.6 Å². The standard InChI is InChI=1S/C20H24F3N3O4/c1-13-5-2-3-8-19(13)17(28)26(18(29)25-19)11-16(27)24-10-14-6-4-7-15(9-14)30-12-20(21,22)23/h4,6-7,9,13H,2-3,5,8,10-12H2,1H3,(H,24,27)(H,25,29). The van der Waals surface area contributed by atoms with Crippen LogP contribution in [0.15, 0.2) is 24.3 Å². The lowest BCUT2D eigenvalue weighted by Crippen LogP contribution is -2.54. The van der Waals surface area contributed by atoms with Gasteiger partial charge in [-0.15, -0.1) is 0 Å². The average Bonchev–Trinajstić information content (AvgIpc) is 2.92. The first-order valence-electron chi connectivity index (χ1n) is 9.80. The number of halogens is 3. The van der Waals surface area contributed by atoms with E-state index in [1.165, 1.54) is 18.2 Å². The second-order valence-corrected chi connectivity index (χ2v) is 7.77. The zero-order valence-corrected chi connectivity index (χ0v) is 16.6. The van der Waals surface area contributed by atoms with Crippen LogP contribution in [0.3, 0.4) is 0 Å². The maximum atomic E-state index is 12.9. The summed E-state index contributed by atoms with van der Waals surface area (Å²) in [6.45, 7) is 0.126. The Kier molecular flexibility index (Phi) is 6.23. The first-order chi connectivity index (χ1) is 14.1. The number of alkyl halides is 3. The molecule has 0 aromatic heterocycles. The van der Waals surface area contributed by atoms with Crippen molar-refractivity contribution < 1.29 is 32.3 Å². The molecule has 7 nitrogen and oxygen atoms in total. The van der Waals surface area contributed by atoms with E-state index in [-0.39, 0.29) is 24.1 Å². The van der Waals surface area contributed by atoms with Crippen molar-refractivity contribution in [3.8, 4) is 5.75 Å². The minimum Gasteiger partial charge on any atom is -0.484 e. The fourth-order valence-electron chi connectivity index (χ4n) is 3.95. The molecule has 1 aliphatic heterocycles. The number of nitrogens with one attached hydrogen (secondary N) is 2. The van der Waals surface area contributed by atoms with E-state index in [0.717, 1.165) is 24.2 Å². The highest BCUT2D eigenvalue weighted by Gasteiger charge is 2.55. The molecule has 1 spiro atoms. The van der Waals surface area contributed by atoms with Crippen molar-refractivity contribution in [3.05, 3.63) is 29.8 Å². The summed E-state index contributed by atoms with van der Waals surface area (Å²) >= 11 is 0. The molecule has 1 saturated carbocycles. The quantitative estimate of drug-likeness (QED) is 0.684. The molecular weight excluding hydrogens is 403 g/mol. The Morgan fingerprint density at radius 2 is 2.10 bits per heavy atom. The van der Waals surface area contributed by atoms with Crippen molar-refractivity contribution in [2.45, 2.75) is 50.9 Å². The van der Waals surface area contributed by atoms with E-state index in [1.54, 1.807) is 6.07 Å². The summed E-state index contributed by atoms with van der Waals surface area (Å²) in [6.07, 6.45) is -1.22. The largest absolute Gasteiger partial charge is 0.484 e. The molecule has 1 aromatic carbocycles. The molecule has 2 fully saturated rings. The second-order valence-electron chi connectivity index (χ2n) is 7.77. The van der Waals surface area contributed by atoms with E-state index < -0.39 is 36.8 Å². The van der Waals surface area contributed by atoms with Crippen LogP contribution < -0.4 is 15.4 Å². The van der Waals surface area contributed by atoms with Gasteiger partial charge in [-0.25, -0.2) is 4.79 Å². The van der Waals surface area contributed by atoms with Gasteiger partial charge in [-0.3, -0.25) is 14.5 Å². The number of carbonyl (C=O) groups excluding carboxylic acids is 3. The molecule has 2 atom stereocenters. The number of benzene rings is 1.